The number of fused-ring (bicyclic) bond motifs is 1. The van der Waals surface area contributed by atoms with Crippen LogP contribution in [0.4, 0.5) is 5.69 Å². The molecule has 1 heterocycles. The number of benzene rings is 2. The highest BCUT2D eigenvalue weighted by Gasteiger charge is 2.30. The number of aliphatic hydroxyl groups is 5. The molecule has 12 heteroatoms. The van der Waals surface area contributed by atoms with Gasteiger partial charge in [0.1, 0.15) is 49.4 Å². The number of hydrogen-bond donors (Lipinski definition) is 6. The number of nitrogens with two attached hydrogens (primary N) is 1. The first-order valence-electron chi connectivity index (χ1n) is 16.9. The van der Waals surface area contributed by atoms with Crippen molar-refractivity contribution >= 4 is 23.4 Å². The van der Waals surface area contributed by atoms with Crippen molar-refractivity contribution in [1.29, 1.82) is 0 Å². The van der Waals surface area contributed by atoms with E-state index in [-0.39, 0.29) is 6.54 Å². The van der Waals surface area contributed by atoms with E-state index >= 15 is 0 Å². The van der Waals surface area contributed by atoms with E-state index in [0.29, 0.717) is 19.6 Å². The first kappa shape index (κ1) is 40.8. The maximum absolute atomic E-state index is 11.1. The monoisotopic (exact) mass is 680 g/mol. The number of para-hydroxylation sites is 1. The van der Waals surface area contributed by atoms with Crippen LogP contribution in [0.25, 0.3) is 0 Å². The summed E-state index contributed by atoms with van der Waals surface area (Å²) in [7, 11) is 0. The number of carboxylic acids is 1. The van der Waals surface area contributed by atoms with Crippen LogP contribution < -0.4 is 20.1 Å². The van der Waals surface area contributed by atoms with Crippen LogP contribution in [0, 0.1) is 0 Å². The number of aliphatic carboxylic acids is 1. The summed E-state index contributed by atoms with van der Waals surface area (Å²) in [5.74, 6) is 0.683. The zero-order chi connectivity index (χ0) is 34.4. The average Bonchev–Trinajstić information content (AvgIpc) is 3.09. The Hall–Kier alpha value is -2.42. The second-order valence-electron chi connectivity index (χ2n) is 11.6. The first-order valence-corrected chi connectivity index (χ1v) is 17.9. The van der Waals surface area contributed by atoms with Crippen LogP contribution in [0.5, 0.6) is 5.75 Å². The van der Waals surface area contributed by atoms with Crippen molar-refractivity contribution in [2.75, 3.05) is 56.7 Å². The highest BCUT2D eigenvalue weighted by atomic mass is 32.2. The van der Waals surface area contributed by atoms with Crippen molar-refractivity contribution in [1.82, 2.24) is 0 Å². The third-order valence-electron chi connectivity index (χ3n) is 7.93. The Morgan fingerprint density at radius 3 is 2.32 bits per heavy atom. The number of ether oxygens (including phenoxy) is 2. The second-order valence-corrected chi connectivity index (χ2v) is 12.8. The average molecular weight is 681 g/mol. The Morgan fingerprint density at radius 1 is 0.957 bits per heavy atom. The van der Waals surface area contributed by atoms with Crippen LogP contribution in [0.1, 0.15) is 57.9 Å². The van der Waals surface area contributed by atoms with Gasteiger partial charge >= 0.3 is 0 Å². The molecule has 2 aromatic carbocycles. The van der Waals surface area contributed by atoms with Gasteiger partial charge in [0.15, 0.2) is 0 Å². The highest BCUT2D eigenvalue weighted by Crippen LogP contribution is 2.34. The molecule has 1 aliphatic rings. The fraction of sp³-hybridized carbons (Fsp3) is 0.629. The van der Waals surface area contributed by atoms with E-state index < -0.39 is 43.1 Å². The molecule has 0 fully saturated rings. The highest BCUT2D eigenvalue weighted by molar-refractivity contribution is 7.99. The van der Waals surface area contributed by atoms with Gasteiger partial charge < -0.3 is 55.1 Å². The number of quaternary nitrogens is 1. The summed E-state index contributed by atoms with van der Waals surface area (Å²) in [6.07, 6.45) is 1.09. The molecule has 0 aromatic heterocycles. The van der Waals surface area contributed by atoms with E-state index in [1.807, 2.05) is 41.3 Å². The lowest BCUT2D eigenvalue weighted by atomic mass is 10.0. The lowest BCUT2D eigenvalue weighted by Crippen LogP contribution is -2.87. The first-order chi connectivity index (χ1) is 22.7. The summed E-state index contributed by atoms with van der Waals surface area (Å²) in [4.78, 5) is 14.8. The van der Waals surface area contributed by atoms with Gasteiger partial charge in [-0.15, -0.1) is 11.8 Å². The number of carboxylic acid groups (broad SMARTS) is 1. The quantitative estimate of drug-likeness (QED) is 0.0966. The summed E-state index contributed by atoms with van der Waals surface area (Å²) >= 11 is 1.90. The Balaban J connectivity index is 0.000000345. The number of carbonyl (C=O) groups excluding carboxylic acids is 1. The summed E-state index contributed by atoms with van der Waals surface area (Å²) in [5.41, 5.74) is 2.16. The number of anilines is 1. The molecule has 0 aliphatic carbocycles. The van der Waals surface area contributed by atoms with Gasteiger partial charge in [0, 0.05) is 30.2 Å². The predicted octanol–water partition coefficient (Wildman–Crippen LogP) is 0.721. The molecule has 11 nitrogen and oxygen atoms in total. The van der Waals surface area contributed by atoms with Crippen molar-refractivity contribution < 1.29 is 50.2 Å². The standard InChI is InChI=1S/C21H25NO4S.C14H31NO5/c1-2-25-19(21(23)24)15-16-7-9-17(10-8-16)26-13-11-22-12-14-27-20-6-4-3-5-18(20)22;1-2-3-4-5-6-7-8-15-9-11(17)13(19)14(20)12(18)10-16/h3-10,19H,2,11-15H2,1H3,(H,23,24);11-20H,2-10H2,1H3/t19-;/m0./s1. The molecule has 0 saturated carbocycles. The molecule has 2 aromatic rings. The molecule has 0 bridgehead atoms. The minimum atomic E-state index is -1.53. The summed E-state index contributed by atoms with van der Waals surface area (Å²) in [5, 5.41) is 59.5. The molecule has 0 saturated heterocycles. The number of unbranched alkanes of at least 4 members (excludes halogenated alkanes) is 5. The minimum absolute atomic E-state index is 0.269. The summed E-state index contributed by atoms with van der Waals surface area (Å²) < 4.78 is 11.1. The molecule has 47 heavy (non-hydrogen) atoms. The van der Waals surface area contributed by atoms with E-state index in [4.69, 9.17) is 14.6 Å². The molecule has 0 amide bonds. The number of hydrogen-bond acceptors (Lipinski definition) is 11. The number of rotatable bonds is 22. The van der Waals surface area contributed by atoms with Crippen LogP contribution >= 0.6 is 11.8 Å². The molecule has 266 valence electrons. The third-order valence-corrected chi connectivity index (χ3v) is 8.97. The van der Waals surface area contributed by atoms with Crippen LogP contribution in [-0.4, -0.2) is 114 Å². The van der Waals surface area contributed by atoms with E-state index in [1.54, 1.807) is 6.92 Å². The molecular formula is C35H56N2O9S. The molecule has 7 N–H and O–H groups in total. The Bertz CT molecular complexity index is 1110. The Labute approximate surface area is 283 Å². The van der Waals surface area contributed by atoms with E-state index in [9.17, 15) is 30.3 Å². The van der Waals surface area contributed by atoms with Crippen molar-refractivity contribution in [3.8, 4) is 5.75 Å². The maximum Gasteiger partial charge on any atom is 0.131 e. The van der Waals surface area contributed by atoms with Gasteiger partial charge in [-0.25, -0.2) is 0 Å². The van der Waals surface area contributed by atoms with Crippen LogP contribution in [0.15, 0.2) is 53.4 Å². The van der Waals surface area contributed by atoms with Crippen molar-refractivity contribution in [3.63, 3.8) is 0 Å². The second kappa shape index (κ2) is 23.8. The molecule has 4 unspecified atom stereocenters. The third kappa shape index (κ3) is 15.6. The van der Waals surface area contributed by atoms with E-state index in [1.165, 1.54) is 42.7 Å². The summed E-state index contributed by atoms with van der Waals surface area (Å²) in [6, 6.07) is 15.9. The van der Waals surface area contributed by atoms with Crippen molar-refractivity contribution in [3.05, 3.63) is 54.1 Å². The molecular weight excluding hydrogens is 624 g/mol. The molecule has 5 atom stereocenters. The van der Waals surface area contributed by atoms with Crippen molar-refractivity contribution in [2.45, 2.75) is 94.2 Å². The van der Waals surface area contributed by atoms with Gasteiger partial charge in [-0.3, -0.25) is 0 Å². The van der Waals surface area contributed by atoms with Crippen LogP contribution in [0.2, 0.25) is 0 Å². The van der Waals surface area contributed by atoms with Crippen LogP contribution in [-0.2, 0) is 16.0 Å². The fourth-order valence-corrected chi connectivity index (χ4v) is 6.19. The number of thioether (sulfide) groups is 1. The maximum atomic E-state index is 11.1. The smallest absolute Gasteiger partial charge is 0.131 e. The zero-order valence-corrected chi connectivity index (χ0v) is 28.7. The van der Waals surface area contributed by atoms with Gasteiger partial charge in [0.2, 0.25) is 0 Å². The van der Waals surface area contributed by atoms with Gasteiger partial charge in [0.25, 0.3) is 0 Å². The lowest BCUT2D eigenvalue weighted by Gasteiger charge is -2.30. The van der Waals surface area contributed by atoms with Crippen LogP contribution in [0.3, 0.4) is 0 Å². The molecule has 3 rings (SSSR count). The van der Waals surface area contributed by atoms with E-state index in [2.05, 4.69) is 36.1 Å². The van der Waals surface area contributed by atoms with Gasteiger partial charge in [-0.05, 0) is 49.6 Å². The van der Waals surface area contributed by atoms with Gasteiger partial charge in [-0.1, -0.05) is 56.9 Å². The SMILES string of the molecule is CCCCCCCC[NH2+]CC(O)C(O)C(O)C(O)CO.CCO[C@@H](Cc1ccc(OCCN2CCSc3ccccc32)cc1)C(=O)[O-]. The number of aliphatic hydroxyl groups excluding tert-OH is 5. The van der Waals surface area contributed by atoms with Gasteiger partial charge in [-0.2, -0.15) is 0 Å². The fourth-order valence-electron chi connectivity index (χ4n) is 5.14. The molecule has 0 spiro atoms. The molecule has 1 aliphatic heterocycles. The Kier molecular flexibility index (Phi) is 20.7. The minimum Gasteiger partial charge on any atom is -0.547 e. The zero-order valence-electron chi connectivity index (χ0n) is 27.9. The van der Waals surface area contributed by atoms with Crippen molar-refractivity contribution in [2.24, 2.45) is 0 Å². The van der Waals surface area contributed by atoms with Gasteiger partial charge in [0.05, 0.1) is 31.4 Å². The lowest BCUT2D eigenvalue weighted by molar-refractivity contribution is -0.662. The normalized spacial score (nSPS) is 15.9. The van der Waals surface area contributed by atoms with E-state index in [0.717, 1.165) is 43.1 Å². The number of carbonyl (C=O) groups is 1. The topological polar surface area (TPSA) is 180 Å². The summed E-state index contributed by atoms with van der Waals surface area (Å²) in [6.45, 7) is 7.24. The predicted molar refractivity (Wildman–Crippen MR) is 182 cm³/mol. The Morgan fingerprint density at radius 2 is 1.64 bits per heavy atom. The largest absolute Gasteiger partial charge is 0.547 e. The number of nitrogens with zero attached hydrogens (tertiary/aromatic N) is 1. The molecule has 0 radical (unpaired) electrons.